The molecule has 90 valence electrons. The van der Waals surface area contributed by atoms with Crippen LogP contribution in [0.5, 0.6) is 5.75 Å². The molecule has 2 rings (SSSR count). The smallest absolute Gasteiger partial charge is 0.125 e. The van der Waals surface area contributed by atoms with Crippen LogP contribution < -0.4 is 10.1 Å². The molecule has 0 amide bonds. The van der Waals surface area contributed by atoms with Gasteiger partial charge in [-0.2, -0.15) is 0 Å². The molecule has 0 bridgehead atoms. The normalized spacial score (nSPS) is 12.4. The highest BCUT2D eigenvalue weighted by Gasteiger charge is 2.16. The Hall–Kier alpha value is -1.74. The average molecular weight is 231 g/mol. The van der Waals surface area contributed by atoms with Gasteiger partial charge in [-0.05, 0) is 49.4 Å². The maximum Gasteiger partial charge on any atom is 0.125 e. The van der Waals surface area contributed by atoms with Crippen LogP contribution in [-0.4, -0.2) is 14.2 Å². The van der Waals surface area contributed by atoms with Gasteiger partial charge in [-0.1, -0.05) is 6.07 Å². The Morgan fingerprint density at radius 2 is 2.12 bits per heavy atom. The minimum absolute atomic E-state index is 0.0795. The molecule has 0 fully saturated rings. The van der Waals surface area contributed by atoms with Gasteiger partial charge < -0.3 is 14.5 Å². The van der Waals surface area contributed by atoms with Gasteiger partial charge in [-0.15, -0.1) is 0 Å². The summed E-state index contributed by atoms with van der Waals surface area (Å²) in [6.07, 6.45) is 1.69. The Morgan fingerprint density at radius 3 is 2.65 bits per heavy atom. The van der Waals surface area contributed by atoms with Crippen LogP contribution in [0.25, 0.3) is 0 Å². The quantitative estimate of drug-likeness (QED) is 0.878. The minimum Gasteiger partial charge on any atom is -0.497 e. The maximum absolute atomic E-state index is 5.46. The number of benzene rings is 1. The SMILES string of the molecule is CNC(c1ccco1)c1ccc(OC)cc1C. The van der Waals surface area contributed by atoms with E-state index in [1.54, 1.807) is 13.4 Å². The first-order chi connectivity index (χ1) is 8.26. The number of hydrogen-bond acceptors (Lipinski definition) is 3. The van der Waals surface area contributed by atoms with Gasteiger partial charge in [-0.25, -0.2) is 0 Å². The van der Waals surface area contributed by atoms with E-state index >= 15 is 0 Å². The highest BCUT2D eigenvalue weighted by Crippen LogP contribution is 2.27. The molecule has 3 heteroatoms. The molecule has 0 radical (unpaired) electrons. The second-order valence-electron chi connectivity index (χ2n) is 3.96. The van der Waals surface area contributed by atoms with Crippen molar-refractivity contribution >= 4 is 0 Å². The zero-order valence-corrected chi connectivity index (χ0v) is 10.4. The molecule has 3 nitrogen and oxygen atoms in total. The fraction of sp³-hybridized carbons (Fsp3) is 0.286. The highest BCUT2D eigenvalue weighted by molar-refractivity contribution is 5.39. The Labute approximate surface area is 101 Å². The Balaban J connectivity index is 2.38. The van der Waals surface area contributed by atoms with Crippen molar-refractivity contribution < 1.29 is 9.15 Å². The molecule has 0 aliphatic heterocycles. The van der Waals surface area contributed by atoms with E-state index in [-0.39, 0.29) is 6.04 Å². The van der Waals surface area contributed by atoms with Gasteiger partial charge in [0, 0.05) is 0 Å². The largest absolute Gasteiger partial charge is 0.497 e. The zero-order chi connectivity index (χ0) is 12.3. The van der Waals surface area contributed by atoms with Gasteiger partial charge >= 0.3 is 0 Å². The third kappa shape index (κ3) is 2.34. The fourth-order valence-electron chi connectivity index (χ4n) is 2.01. The van der Waals surface area contributed by atoms with Crippen LogP contribution in [0.15, 0.2) is 41.0 Å². The van der Waals surface area contributed by atoms with Crippen molar-refractivity contribution in [3.05, 3.63) is 53.5 Å². The summed E-state index contributed by atoms with van der Waals surface area (Å²) < 4.78 is 10.7. The fourth-order valence-corrected chi connectivity index (χ4v) is 2.01. The number of rotatable bonds is 4. The summed E-state index contributed by atoms with van der Waals surface area (Å²) in [7, 11) is 3.60. The lowest BCUT2D eigenvalue weighted by atomic mass is 9.99. The van der Waals surface area contributed by atoms with Crippen LogP contribution in [0.2, 0.25) is 0 Å². The Bertz CT molecular complexity index is 477. The molecule has 1 atom stereocenters. The molecule has 1 unspecified atom stereocenters. The van der Waals surface area contributed by atoms with E-state index in [1.807, 2.05) is 31.3 Å². The van der Waals surface area contributed by atoms with Crippen LogP contribution in [-0.2, 0) is 0 Å². The van der Waals surface area contributed by atoms with Crippen LogP contribution in [0.1, 0.15) is 22.9 Å². The molecule has 2 aromatic rings. The van der Waals surface area contributed by atoms with E-state index in [0.29, 0.717) is 0 Å². The topological polar surface area (TPSA) is 34.4 Å². The summed E-state index contributed by atoms with van der Waals surface area (Å²) in [4.78, 5) is 0. The van der Waals surface area contributed by atoms with Crippen LogP contribution >= 0.6 is 0 Å². The molecule has 1 heterocycles. The van der Waals surface area contributed by atoms with Gasteiger partial charge in [0.2, 0.25) is 0 Å². The number of ether oxygens (including phenoxy) is 1. The number of methoxy groups -OCH3 is 1. The maximum atomic E-state index is 5.46. The molecule has 0 spiro atoms. The monoisotopic (exact) mass is 231 g/mol. The van der Waals surface area contributed by atoms with Crippen molar-refractivity contribution in [3.8, 4) is 5.75 Å². The molecule has 0 aliphatic carbocycles. The number of nitrogens with one attached hydrogen (secondary N) is 1. The Kier molecular flexibility index (Phi) is 3.49. The summed E-state index contributed by atoms with van der Waals surface area (Å²) >= 11 is 0. The van der Waals surface area contributed by atoms with Crippen LogP contribution in [0.3, 0.4) is 0 Å². The first-order valence-electron chi connectivity index (χ1n) is 5.61. The lowest BCUT2D eigenvalue weighted by Gasteiger charge is -2.17. The summed E-state index contributed by atoms with van der Waals surface area (Å²) in [5.74, 6) is 1.79. The first kappa shape index (κ1) is 11.7. The molecule has 17 heavy (non-hydrogen) atoms. The number of hydrogen-bond donors (Lipinski definition) is 1. The molecule has 1 aromatic heterocycles. The van der Waals surface area contributed by atoms with Crippen molar-refractivity contribution in [3.63, 3.8) is 0 Å². The van der Waals surface area contributed by atoms with Gasteiger partial charge in [0.15, 0.2) is 0 Å². The van der Waals surface area contributed by atoms with E-state index in [1.165, 1.54) is 11.1 Å². The predicted molar refractivity (Wildman–Crippen MR) is 67.3 cm³/mol. The third-order valence-electron chi connectivity index (χ3n) is 2.90. The Morgan fingerprint density at radius 1 is 1.29 bits per heavy atom. The minimum atomic E-state index is 0.0795. The summed E-state index contributed by atoms with van der Waals surface area (Å²) in [5, 5.41) is 3.26. The highest BCUT2D eigenvalue weighted by atomic mass is 16.5. The lowest BCUT2D eigenvalue weighted by molar-refractivity contribution is 0.413. The third-order valence-corrected chi connectivity index (χ3v) is 2.90. The van der Waals surface area contributed by atoms with Crippen molar-refractivity contribution in [2.24, 2.45) is 0 Å². The van der Waals surface area contributed by atoms with E-state index in [4.69, 9.17) is 9.15 Å². The molecule has 0 saturated carbocycles. The van der Waals surface area contributed by atoms with Crippen molar-refractivity contribution in [1.29, 1.82) is 0 Å². The summed E-state index contributed by atoms with van der Waals surface area (Å²) in [6.45, 7) is 2.07. The predicted octanol–water partition coefficient (Wildman–Crippen LogP) is 2.91. The van der Waals surface area contributed by atoms with Crippen molar-refractivity contribution in [2.75, 3.05) is 14.2 Å². The lowest BCUT2D eigenvalue weighted by Crippen LogP contribution is -2.18. The molecule has 1 aromatic carbocycles. The van der Waals surface area contributed by atoms with E-state index in [0.717, 1.165) is 11.5 Å². The first-order valence-corrected chi connectivity index (χ1v) is 5.61. The summed E-state index contributed by atoms with van der Waals surface area (Å²) in [6, 6.07) is 10.0. The van der Waals surface area contributed by atoms with Crippen molar-refractivity contribution in [1.82, 2.24) is 5.32 Å². The van der Waals surface area contributed by atoms with Gasteiger partial charge in [0.1, 0.15) is 11.5 Å². The van der Waals surface area contributed by atoms with Gasteiger partial charge in [0.25, 0.3) is 0 Å². The van der Waals surface area contributed by atoms with Gasteiger partial charge in [-0.3, -0.25) is 0 Å². The van der Waals surface area contributed by atoms with Gasteiger partial charge in [0.05, 0.1) is 19.4 Å². The second kappa shape index (κ2) is 5.06. The average Bonchev–Trinajstić information content (AvgIpc) is 2.85. The standard InChI is InChI=1S/C14H17NO2/c1-10-9-11(16-3)6-7-12(10)14(15-2)13-5-4-8-17-13/h4-9,14-15H,1-3H3. The number of aryl methyl sites for hydroxylation is 1. The molecule has 1 N–H and O–H groups in total. The van der Waals surface area contributed by atoms with Crippen molar-refractivity contribution in [2.45, 2.75) is 13.0 Å². The second-order valence-corrected chi connectivity index (χ2v) is 3.96. The number of furan rings is 1. The van der Waals surface area contributed by atoms with E-state index < -0.39 is 0 Å². The van der Waals surface area contributed by atoms with E-state index in [2.05, 4.69) is 18.3 Å². The summed E-state index contributed by atoms with van der Waals surface area (Å²) in [5.41, 5.74) is 2.38. The zero-order valence-electron chi connectivity index (χ0n) is 10.4. The molecule has 0 aliphatic rings. The molecule has 0 saturated heterocycles. The van der Waals surface area contributed by atoms with Crippen LogP contribution in [0.4, 0.5) is 0 Å². The molecular formula is C14H17NO2. The van der Waals surface area contributed by atoms with Crippen LogP contribution in [0, 0.1) is 6.92 Å². The molecular weight excluding hydrogens is 214 g/mol. The van der Waals surface area contributed by atoms with E-state index in [9.17, 15) is 0 Å².